The van der Waals surface area contributed by atoms with Crippen LogP contribution in [-0.2, 0) is 6.54 Å². The third-order valence-corrected chi connectivity index (χ3v) is 6.22. The van der Waals surface area contributed by atoms with Gasteiger partial charge in [0.2, 0.25) is 0 Å². The number of allylic oxidation sites excluding steroid dienone is 1. The molecule has 0 aromatic heterocycles. The maximum absolute atomic E-state index is 15.1. The molecule has 7 heteroatoms. The topological polar surface area (TPSA) is 31.2 Å². The van der Waals surface area contributed by atoms with Crippen LogP contribution in [0.3, 0.4) is 0 Å². The lowest BCUT2D eigenvalue weighted by Crippen LogP contribution is -2.35. The van der Waals surface area contributed by atoms with E-state index in [1.54, 1.807) is 12.1 Å². The molecule has 2 aliphatic rings. The summed E-state index contributed by atoms with van der Waals surface area (Å²) in [5, 5.41) is 7.34. The van der Waals surface area contributed by atoms with Gasteiger partial charge in [0.1, 0.15) is 11.5 Å². The van der Waals surface area contributed by atoms with Crippen LogP contribution in [0.4, 0.5) is 18.9 Å². The molecule has 182 valence electrons. The summed E-state index contributed by atoms with van der Waals surface area (Å²) in [6.45, 7) is 10.8. The quantitative estimate of drug-likeness (QED) is 0.461. The number of halogens is 3. The highest BCUT2D eigenvalue weighted by atomic mass is 19.3. The molecule has 0 bridgehead atoms. The zero-order valence-corrected chi connectivity index (χ0v) is 20.1. The summed E-state index contributed by atoms with van der Waals surface area (Å²) in [7, 11) is 2.12. The van der Waals surface area contributed by atoms with Crippen molar-refractivity contribution in [3.63, 3.8) is 0 Å². The average molecular weight is 471 g/mol. The maximum Gasteiger partial charge on any atom is 0.278 e. The molecule has 2 heterocycles. The van der Waals surface area contributed by atoms with Crippen molar-refractivity contribution >= 4 is 17.1 Å². The number of benzene rings is 2. The summed E-state index contributed by atoms with van der Waals surface area (Å²) in [6, 6.07) is 14.7. The van der Waals surface area contributed by atoms with Gasteiger partial charge in [-0.3, -0.25) is 0 Å². The SMILES string of the molecule is C=C(C1CCN(C)CC1)N(Cc1ccc(C2=NN=C(C(F)F)C2)cc1F)c1ccccc1.CC. The number of nitrogens with zero attached hydrogens (tertiary/aromatic N) is 4. The molecule has 0 unspecified atom stereocenters. The zero-order valence-electron chi connectivity index (χ0n) is 20.1. The van der Waals surface area contributed by atoms with E-state index < -0.39 is 12.2 Å². The van der Waals surface area contributed by atoms with Crippen molar-refractivity contribution in [1.82, 2.24) is 4.90 Å². The number of anilines is 1. The predicted octanol–water partition coefficient (Wildman–Crippen LogP) is 6.53. The van der Waals surface area contributed by atoms with E-state index >= 15 is 4.39 Å². The highest BCUT2D eigenvalue weighted by molar-refractivity contribution is 6.15. The molecule has 1 saturated heterocycles. The Morgan fingerprint density at radius 1 is 1.09 bits per heavy atom. The number of alkyl halides is 2. The van der Waals surface area contributed by atoms with Crippen LogP contribution >= 0.6 is 0 Å². The molecule has 0 N–H and O–H groups in total. The van der Waals surface area contributed by atoms with Crippen LogP contribution in [-0.4, -0.2) is 42.9 Å². The maximum atomic E-state index is 15.1. The number of hydrogen-bond acceptors (Lipinski definition) is 4. The third kappa shape index (κ3) is 6.14. The largest absolute Gasteiger partial charge is 0.341 e. The fourth-order valence-corrected chi connectivity index (χ4v) is 4.20. The summed E-state index contributed by atoms with van der Waals surface area (Å²) in [4.78, 5) is 4.39. The van der Waals surface area contributed by atoms with Crippen molar-refractivity contribution in [3.05, 3.63) is 77.8 Å². The van der Waals surface area contributed by atoms with Crippen LogP contribution in [0.1, 0.15) is 44.2 Å². The van der Waals surface area contributed by atoms with Gasteiger partial charge in [-0.1, -0.05) is 50.8 Å². The molecule has 1 fully saturated rings. The van der Waals surface area contributed by atoms with Crippen molar-refractivity contribution in [2.45, 2.75) is 46.1 Å². The van der Waals surface area contributed by atoms with Gasteiger partial charge in [0, 0.05) is 34.9 Å². The molecule has 0 aliphatic carbocycles. The Morgan fingerprint density at radius 3 is 2.35 bits per heavy atom. The lowest BCUT2D eigenvalue weighted by molar-refractivity contribution is 0.224. The first-order chi connectivity index (χ1) is 16.4. The van der Waals surface area contributed by atoms with Crippen LogP contribution in [0.15, 0.2) is 71.0 Å². The first kappa shape index (κ1) is 25.7. The van der Waals surface area contributed by atoms with Crippen molar-refractivity contribution in [2.24, 2.45) is 16.1 Å². The Labute approximate surface area is 200 Å². The lowest BCUT2D eigenvalue weighted by Gasteiger charge is -2.36. The molecule has 2 aromatic carbocycles. The minimum atomic E-state index is -2.65. The number of rotatable bonds is 7. The van der Waals surface area contributed by atoms with Gasteiger partial charge in [0.05, 0.1) is 12.3 Å². The second kappa shape index (κ2) is 12.0. The fourth-order valence-electron chi connectivity index (χ4n) is 4.20. The van der Waals surface area contributed by atoms with E-state index in [4.69, 9.17) is 0 Å². The molecule has 0 atom stereocenters. The summed E-state index contributed by atoms with van der Waals surface area (Å²) in [5.41, 5.74) is 3.03. The average Bonchev–Trinajstić information content (AvgIpc) is 3.36. The van der Waals surface area contributed by atoms with Crippen LogP contribution in [0, 0.1) is 11.7 Å². The standard InChI is InChI=1S/C25H27F3N4.C2H6/c1-17(18-10-12-31(2)13-11-18)32(21-6-4-3-5-7-21)16-20-9-8-19(14-22(20)26)23-15-24(25(27)28)30-29-23;1-2/h3-9,14,18,25H,1,10-13,15-16H2,2H3;1-2H3. The molecule has 0 radical (unpaired) electrons. The van der Waals surface area contributed by atoms with E-state index in [9.17, 15) is 8.78 Å². The fraction of sp³-hybridized carbons (Fsp3) is 0.407. The van der Waals surface area contributed by atoms with Crippen LogP contribution in [0.2, 0.25) is 0 Å². The summed E-state index contributed by atoms with van der Waals surface area (Å²) >= 11 is 0. The van der Waals surface area contributed by atoms with E-state index in [0.717, 1.165) is 37.3 Å². The normalized spacial score (nSPS) is 16.6. The van der Waals surface area contributed by atoms with Gasteiger partial charge in [0.15, 0.2) is 0 Å². The second-order valence-electron chi connectivity index (χ2n) is 8.41. The Kier molecular flexibility index (Phi) is 9.05. The number of likely N-dealkylation sites (tertiary alicyclic amines) is 1. The zero-order chi connectivity index (χ0) is 24.7. The molecule has 0 spiro atoms. The Bertz CT molecular complexity index is 1030. The first-order valence-electron chi connectivity index (χ1n) is 11.8. The van der Waals surface area contributed by atoms with E-state index in [1.807, 2.05) is 44.2 Å². The first-order valence-corrected chi connectivity index (χ1v) is 11.8. The van der Waals surface area contributed by atoms with Crippen LogP contribution < -0.4 is 4.90 Å². The van der Waals surface area contributed by atoms with Gasteiger partial charge < -0.3 is 9.80 Å². The molecule has 0 amide bonds. The van der Waals surface area contributed by atoms with Crippen molar-refractivity contribution in [1.29, 1.82) is 0 Å². The van der Waals surface area contributed by atoms with Crippen LogP contribution in [0.25, 0.3) is 0 Å². The Hall–Kier alpha value is -2.93. The summed E-state index contributed by atoms with van der Waals surface area (Å²) < 4.78 is 40.8. The van der Waals surface area contributed by atoms with E-state index in [1.165, 1.54) is 6.07 Å². The molecule has 4 rings (SSSR count). The highest BCUT2D eigenvalue weighted by Gasteiger charge is 2.25. The molecule has 34 heavy (non-hydrogen) atoms. The van der Waals surface area contributed by atoms with Gasteiger partial charge in [-0.2, -0.15) is 10.2 Å². The van der Waals surface area contributed by atoms with Crippen LogP contribution in [0.5, 0.6) is 0 Å². The molecule has 2 aliphatic heterocycles. The van der Waals surface area contributed by atoms with Gasteiger partial charge >= 0.3 is 0 Å². The van der Waals surface area contributed by atoms with Gasteiger partial charge in [-0.25, -0.2) is 13.2 Å². The molecule has 0 saturated carbocycles. The lowest BCUT2D eigenvalue weighted by atomic mass is 9.92. The molecule has 2 aromatic rings. The number of hydrogen-bond donors (Lipinski definition) is 0. The smallest absolute Gasteiger partial charge is 0.278 e. The Morgan fingerprint density at radius 2 is 1.76 bits per heavy atom. The minimum Gasteiger partial charge on any atom is -0.341 e. The minimum absolute atomic E-state index is 0.0560. The van der Waals surface area contributed by atoms with Gasteiger partial charge in [-0.15, -0.1) is 0 Å². The van der Waals surface area contributed by atoms with Gasteiger partial charge in [-0.05, 0) is 51.2 Å². The Balaban J connectivity index is 0.00000158. The summed E-state index contributed by atoms with van der Waals surface area (Å²) in [5.74, 6) is -0.0562. The molecular weight excluding hydrogens is 437 g/mol. The molecule has 4 nitrogen and oxygen atoms in total. The number of piperidine rings is 1. The van der Waals surface area contributed by atoms with Crippen molar-refractivity contribution < 1.29 is 13.2 Å². The summed E-state index contributed by atoms with van der Waals surface area (Å²) in [6.07, 6.45) is -0.663. The highest BCUT2D eigenvalue weighted by Crippen LogP contribution is 2.31. The monoisotopic (exact) mass is 470 g/mol. The van der Waals surface area contributed by atoms with E-state index in [-0.39, 0.29) is 12.1 Å². The van der Waals surface area contributed by atoms with Gasteiger partial charge in [0.25, 0.3) is 6.43 Å². The van der Waals surface area contributed by atoms with Crippen molar-refractivity contribution in [3.8, 4) is 0 Å². The second-order valence-corrected chi connectivity index (χ2v) is 8.41. The van der Waals surface area contributed by atoms with Crippen molar-refractivity contribution in [2.75, 3.05) is 25.0 Å². The number of para-hydroxylation sites is 1. The molecular formula is C27H33F3N4. The van der Waals surface area contributed by atoms with E-state index in [2.05, 4.69) is 33.6 Å². The third-order valence-electron chi connectivity index (χ3n) is 6.22. The predicted molar refractivity (Wildman–Crippen MR) is 134 cm³/mol. The van der Waals surface area contributed by atoms with E-state index in [0.29, 0.717) is 29.3 Å².